The summed E-state index contributed by atoms with van der Waals surface area (Å²) >= 11 is 0. The van der Waals surface area contributed by atoms with E-state index in [-0.39, 0.29) is 0 Å². The normalized spacial score (nSPS) is 11.3. The molecule has 0 saturated heterocycles. The van der Waals surface area contributed by atoms with Crippen LogP contribution < -0.4 is 4.74 Å². The second-order valence-corrected chi connectivity index (χ2v) is 4.11. The fourth-order valence-electron chi connectivity index (χ4n) is 1.97. The van der Waals surface area contributed by atoms with E-state index in [9.17, 15) is 0 Å². The van der Waals surface area contributed by atoms with Crippen LogP contribution in [0.1, 0.15) is 30.9 Å². The highest BCUT2D eigenvalue weighted by Gasteiger charge is 2.14. The number of benzene rings is 1. The van der Waals surface area contributed by atoms with Crippen molar-refractivity contribution in [2.75, 3.05) is 7.11 Å². The number of nitrogens with one attached hydrogen (secondary N) is 1. The van der Waals surface area contributed by atoms with E-state index >= 15 is 0 Å². The SMILES string of the molecule is COc1c(C(C)C)cc2cn[nH]c2c1C. The molecule has 0 unspecified atom stereocenters. The fraction of sp³-hybridized carbons (Fsp3) is 0.417. The minimum absolute atomic E-state index is 0.456. The molecular weight excluding hydrogens is 188 g/mol. The van der Waals surface area contributed by atoms with E-state index in [2.05, 4.69) is 37.0 Å². The highest BCUT2D eigenvalue weighted by Crippen LogP contribution is 2.34. The monoisotopic (exact) mass is 204 g/mol. The van der Waals surface area contributed by atoms with Gasteiger partial charge < -0.3 is 4.74 Å². The number of aromatic amines is 1. The highest BCUT2D eigenvalue weighted by molar-refractivity contribution is 5.85. The molecule has 0 radical (unpaired) electrons. The fourth-order valence-corrected chi connectivity index (χ4v) is 1.97. The van der Waals surface area contributed by atoms with Gasteiger partial charge in [0.25, 0.3) is 0 Å². The molecule has 2 rings (SSSR count). The van der Waals surface area contributed by atoms with Crippen LogP contribution in [0.2, 0.25) is 0 Å². The Morgan fingerprint density at radius 3 is 2.73 bits per heavy atom. The Morgan fingerprint density at radius 1 is 1.40 bits per heavy atom. The molecule has 0 atom stereocenters. The van der Waals surface area contributed by atoms with E-state index in [0.29, 0.717) is 5.92 Å². The molecule has 1 aromatic carbocycles. The maximum Gasteiger partial charge on any atom is 0.127 e. The number of fused-ring (bicyclic) bond motifs is 1. The summed E-state index contributed by atoms with van der Waals surface area (Å²) in [4.78, 5) is 0. The van der Waals surface area contributed by atoms with Crippen LogP contribution in [0.25, 0.3) is 10.9 Å². The summed E-state index contributed by atoms with van der Waals surface area (Å²) in [5, 5.41) is 8.21. The molecule has 1 aromatic heterocycles. The first-order valence-corrected chi connectivity index (χ1v) is 5.15. The van der Waals surface area contributed by atoms with Gasteiger partial charge in [0.1, 0.15) is 5.75 Å². The van der Waals surface area contributed by atoms with Crippen LogP contribution in [0.3, 0.4) is 0 Å². The molecule has 2 aromatic rings. The van der Waals surface area contributed by atoms with Crippen LogP contribution in [0.5, 0.6) is 5.75 Å². The summed E-state index contributed by atoms with van der Waals surface area (Å²) in [7, 11) is 1.72. The minimum atomic E-state index is 0.456. The Balaban J connectivity index is 2.78. The van der Waals surface area contributed by atoms with Crippen molar-refractivity contribution in [3.05, 3.63) is 23.4 Å². The van der Waals surface area contributed by atoms with Crippen LogP contribution >= 0.6 is 0 Å². The number of methoxy groups -OCH3 is 1. The van der Waals surface area contributed by atoms with Crippen LogP contribution in [0.15, 0.2) is 12.3 Å². The van der Waals surface area contributed by atoms with Crippen molar-refractivity contribution in [2.45, 2.75) is 26.7 Å². The highest BCUT2D eigenvalue weighted by atomic mass is 16.5. The number of nitrogens with zero attached hydrogens (tertiary/aromatic N) is 1. The Kier molecular flexibility index (Phi) is 2.39. The van der Waals surface area contributed by atoms with Crippen LogP contribution in [-0.2, 0) is 0 Å². The Labute approximate surface area is 89.4 Å². The number of H-pyrrole nitrogens is 1. The first kappa shape index (κ1) is 10.0. The number of ether oxygens (including phenoxy) is 1. The predicted molar refractivity (Wildman–Crippen MR) is 61.5 cm³/mol. The van der Waals surface area contributed by atoms with Crippen molar-refractivity contribution in [1.29, 1.82) is 0 Å². The molecular formula is C12H16N2O. The van der Waals surface area contributed by atoms with E-state index in [4.69, 9.17) is 4.74 Å². The van der Waals surface area contributed by atoms with Crippen LogP contribution in [0.4, 0.5) is 0 Å². The van der Waals surface area contributed by atoms with Crippen molar-refractivity contribution in [2.24, 2.45) is 0 Å². The van der Waals surface area contributed by atoms with E-state index in [1.807, 2.05) is 6.20 Å². The molecule has 0 aliphatic carbocycles. The van der Waals surface area contributed by atoms with Gasteiger partial charge in [0.05, 0.1) is 18.8 Å². The van der Waals surface area contributed by atoms with E-state index in [1.54, 1.807) is 7.11 Å². The maximum atomic E-state index is 5.47. The summed E-state index contributed by atoms with van der Waals surface area (Å²) in [6.45, 7) is 6.40. The van der Waals surface area contributed by atoms with Crippen molar-refractivity contribution in [3.8, 4) is 5.75 Å². The third-order valence-electron chi connectivity index (χ3n) is 2.78. The summed E-state index contributed by atoms with van der Waals surface area (Å²) in [5.74, 6) is 1.43. The van der Waals surface area contributed by atoms with Gasteiger partial charge >= 0.3 is 0 Å². The molecule has 0 bridgehead atoms. The van der Waals surface area contributed by atoms with E-state index in [1.165, 1.54) is 5.56 Å². The van der Waals surface area contributed by atoms with E-state index in [0.717, 1.165) is 22.2 Å². The smallest absolute Gasteiger partial charge is 0.127 e. The number of rotatable bonds is 2. The van der Waals surface area contributed by atoms with Gasteiger partial charge in [-0.2, -0.15) is 5.10 Å². The van der Waals surface area contributed by atoms with Crippen molar-refractivity contribution in [3.63, 3.8) is 0 Å². The molecule has 0 fully saturated rings. The lowest BCUT2D eigenvalue weighted by Crippen LogP contribution is -1.97. The van der Waals surface area contributed by atoms with Gasteiger partial charge in [0, 0.05) is 10.9 Å². The average molecular weight is 204 g/mol. The standard InChI is InChI=1S/C12H16N2O/c1-7(2)10-5-9-6-13-14-11(9)8(3)12(10)15-4/h5-7H,1-4H3,(H,13,14). The summed E-state index contributed by atoms with van der Waals surface area (Å²) in [5.41, 5.74) is 3.44. The number of aryl methyl sites for hydroxylation is 1. The number of hydrogen-bond acceptors (Lipinski definition) is 2. The molecule has 0 amide bonds. The quantitative estimate of drug-likeness (QED) is 0.816. The lowest BCUT2D eigenvalue weighted by Gasteiger charge is -2.14. The zero-order chi connectivity index (χ0) is 11.0. The largest absolute Gasteiger partial charge is 0.496 e. The second-order valence-electron chi connectivity index (χ2n) is 4.11. The molecule has 1 N–H and O–H groups in total. The van der Waals surface area contributed by atoms with Crippen molar-refractivity contribution in [1.82, 2.24) is 10.2 Å². The first-order chi connectivity index (χ1) is 7.15. The van der Waals surface area contributed by atoms with Gasteiger partial charge in [-0.05, 0) is 24.5 Å². The van der Waals surface area contributed by atoms with Crippen LogP contribution in [0, 0.1) is 6.92 Å². The predicted octanol–water partition coefficient (Wildman–Crippen LogP) is 3.00. The average Bonchev–Trinajstić information content (AvgIpc) is 2.65. The zero-order valence-corrected chi connectivity index (χ0v) is 9.59. The first-order valence-electron chi connectivity index (χ1n) is 5.15. The number of hydrogen-bond donors (Lipinski definition) is 1. The van der Waals surface area contributed by atoms with Crippen molar-refractivity contribution >= 4 is 10.9 Å². The molecule has 3 nitrogen and oxygen atoms in total. The van der Waals surface area contributed by atoms with E-state index < -0.39 is 0 Å². The van der Waals surface area contributed by atoms with Gasteiger partial charge in [-0.1, -0.05) is 13.8 Å². The summed E-state index contributed by atoms with van der Waals surface area (Å²) in [6, 6.07) is 2.15. The molecule has 1 heterocycles. The lowest BCUT2D eigenvalue weighted by atomic mass is 9.97. The molecule has 0 aliphatic rings. The summed E-state index contributed by atoms with van der Waals surface area (Å²) < 4.78 is 5.47. The maximum absolute atomic E-state index is 5.47. The zero-order valence-electron chi connectivity index (χ0n) is 9.59. The third kappa shape index (κ3) is 1.48. The lowest BCUT2D eigenvalue weighted by molar-refractivity contribution is 0.405. The molecule has 80 valence electrons. The van der Waals surface area contributed by atoms with Gasteiger partial charge in [-0.3, -0.25) is 5.10 Å². The molecule has 0 aliphatic heterocycles. The van der Waals surface area contributed by atoms with Gasteiger partial charge in [-0.15, -0.1) is 0 Å². The van der Waals surface area contributed by atoms with Crippen molar-refractivity contribution < 1.29 is 4.74 Å². The summed E-state index contributed by atoms with van der Waals surface area (Å²) in [6.07, 6.45) is 1.85. The second kappa shape index (κ2) is 3.57. The van der Waals surface area contributed by atoms with Gasteiger partial charge in [0.2, 0.25) is 0 Å². The minimum Gasteiger partial charge on any atom is -0.496 e. The third-order valence-corrected chi connectivity index (χ3v) is 2.78. The van der Waals surface area contributed by atoms with Crippen LogP contribution in [-0.4, -0.2) is 17.3 Å². The van der Waals surface area contributed by atoms with Gasteiger partial charge in [-0.25, -0.2) is 0 Å². The Hall–Kier alpha value is -1.51. The Bertz CT molecular complexity index is 486. The number of aromatic nitrogens is 2. The topological polar surface area (TPSA) is 37.9 Å². The molecule has 15 heavy (non-hydrogen) atoms. The Morgan fingerprint density at radius 2 is 2.13 bits per heavy atom. The van der Waals surface area contributed by atoms with Gasteiger partial charge in [0.15, 0.2) is 0 Å². The molecule has 0 saturated carbocycles. The molecule has 3 heteroatoms. The molecule has 0 spiro atoms.